The molecule has 0 bridgehead atoms. The molecule has 2 fully saturated rings. The molecule has 1 spiro atoms. The summed E-state index contributed by atoms with van der Waals surface area (Å²) in [6.45, 7) is -0.383. The number of nitro benzene ring substituents is 1. The van der Waals surface area contributed by atoms with Crippen molar-refractivity contribution < 1.29 is 29.2 Å². The Morgan fingerprint density at radius 3 is 2.70 bits per heavy atom. The van der Waals surface area contributed by atoms with Gasteiger partial charge in [0.2, 0.25) is 0 Å². The largest absolute Gasteiger partial charge is 0.453 e. The molecule has 4 N–H and O–H groups in total. The number of rotatable bonds is 5. The lowest BCUT2D eigenvalue weighted by atomic mass is 10.2. The maximum Gasteiger partial charge on any atom is 0.453 e. The summed E-state index contributed by atoms with van der Waals surface area (Å²) in [5.41, 5.74) is 5.55. The quantitative estimate of drug-likeness (QED) is 0.212. The van der Waals surface area contributed by atoms with E-state index in [-0.39, 0.29) is 22.6 Å². The standard InChI is InChI=1S/C15H14N4O6S2/c16-11-5-6-19(14(22)17-11)13-15(19,12(21)10(7-20)25-13)27-26-9-3-1-8(2-4-9)18(23)24/h1-6,10,12-13,20-21H,7H2,(H-,16,17,22)/p+1/t10-,12+,13-,15?,19?/m1/s1. The zero-order chi connectivity index (χ0) is 19.4. The second-order valence-corrected chi connectivity index (χ2v) is 8.69. The Bertz CT molecular complexity index is 878. The fraction of sp³-hybridized carbons (Fsp3) is 0.333. The van der Waals surface area contributed by atoms with Crippen LogP contribution in [0.2, 0.25) is 0 Å². The van der Waals surface area contributed by atoms with Gasteiger partial charge in [0.1, 0.15) is 18.1 Å². The van der Waals surface area contributed by atoms with Gasteiger partial charge in [-0.3, -0.25) is 10.1 Å². The van der Waals surface area contributed by atoms with E-state index >= 15 is 0 Å². The van der Waals surface area contributed by atoms with Crippen LogP contribution in [0.1, 0.15) is 0 Å². The predicted molar refractivity (Wildman–Crippen MR) is 97.4 cm³/mol. The molecule has 1 aromatic carbocycles. The van der Waals surface area contributed by atoms with Crippen molar-refractivity contribution in [3.8, 4) is 0 Å². The van der Waals surface area contributed by atoms with Gasteiger partial charge in [0.15, 0.2) is 6.10 Å². The molecule has 3 aliphatic heterocycles. The lowest BCUT2D eigenvalue weighted by Crippen LogP contribution is -2.49. The van der Waals surface area contributed by atoms with Crippen LogP contribution in [0.3, 0.4) is 0 Å². The Morgan fingerprint density at radius 1 is 1.41 bits per heavy atom. The highest BCUT2D eigenvalue weighted by Gasteiger charge is 2.93. The Morgan fingerprint density at radius 2 is 2.11 bits per heavy atom. The number of amidine groups is 1. The first-order valence-electron chi connectivity index (χ1n) is 7.88. The van der Waals surface area contributed by atoms with E-state index in [9.17, 15) is 25.1 Å². The van der Waals surface area contributed by atoms with Crippen LogP contribution in [-0.2, 0) is 4.74 Å². The van der Waals surface area contributed by atoms with Crippen LogP contribution < -0.4 is 5.73 Å². The van der Waals surface area contributed by atoms with Crippen molar-refractivity contribution in [2.75, 3.05) is 6.61 Å². The van der Waals surface area contributed by atoms with Crippen LogP contribution in [0.25, 0.3) is 0 Å². The number of ether oxygens (including phenoxy) is 1. The number of urea groups is 1. The van der Waals surface area contributed by atoms with Crippen molar-refractivity contribution >= 4 is 39.1 Å². The fourth-order valence-corrected chi connectivity index (χ4v) is 6.70. The summed E-state index contributed by atoms with van der Waals surface area (Å²) in [6, 6.07) is 5.38. The summed E-state index contributed by atoms with van der Waals surface area (Å²) in [6.07, 6.45) is 0.401. The summed E-state index contributed by atoms with van der Waals surface area (Å²) in [5.74, 6) is 0.0742. The molecule has 0 radical (unpaired) electrons. The van der Waals surface area contributed by atoms with Crippen molar-refractivity contribution in [2.45, 2.75) is 28.2 Å². The van der Waals surface area contributed by atoms with Crippen molar-refractivity contribution in [1.29, 1.82) is 0 Å². The average molecular weight is 411 g/mol. The molecule has 0 aliphatic carbocycles. The molecular formula is C15H15N4O6S2+. The van der Waals surface area contributed by atoms with Crippen molar-refractivity contribution in [3.05, 3.63) is 46.7 Å². The van der Waals surface area contributed by atoms with E-state index < -0.39 is 34.3 Å². The van der Waals surface area contributed by atoms with Crippen LogP contribution in [0.4, 0.5) is 10.5 Å². The number of nitrogens with two attached hydrogens (primary N) is 1. The van der Waals surface area contributed by atoms with E-state index in [1.54, 1.807) is 18.3 Å². The van der Waals surface area contributed by atoms with Gasteiger partial charge in [-0.15, -0.1) is 4.99 Å². The molecule has 2 unspecified atom stereocenters. The summed E-state index contributed by atoms with van der Waals surface area (Å²) >= 11 is 0. The first kappa shape index (κ1) is 18.4. The minimum absolute atomic E-state index is 0.0288. The van der Waals surface area contributed by atoms with Crippen LogP contribution in [-0.4, -0.2) is 61.4 Å². The zero-order valence-corrected chi connectivity index (χ0v) is 15.3. The molecule has 1 aromatic rings. The second kappa shape index (κ2) is 6.29. The number of carbonyl (C=O) groups excluding carboxylic acids is 1. The Balaban J connectivity index is 1.60. The number of quaternary nitrogens is 1. The number of aliphatic hydroxyl groups is 2. The van der Waals surface area contributed by atoms with Crippen molar-refractivity contribution in [2.24, 2.45) is 10.7 Å². The lowest BCUT2D eigenvalue weighted by Gasteiger charge is -2.26. The van der Waals surface area contributed by atoms with E-state index in [0.29, 0.717) is 4.90 Å². The number of nitro groups is 1. The number of hydrogen-bond acceptors (Lipinski definition) is 9. The predicted octanol–water partition coefficient (Wildman–Crippen LogP) is 0.944. The highest BCUT2D eigenvalue weighted by molar-refractivity contribution is 8.77. The van der Waals surface area contributed by atoms with Gasteiger partial charge in [-0.05, 0) is 22.9 Å². The molecule has 0 aromatic heterocycles. The molecule has 2 amide bonds. The number of non-ortho nitro benzene ring substituents is 1. The van der Waals surface area contributed by atoms with Crippen LogP contribution in [0.15, 0.2) is 46.4 Å². The van der Waals surface area contributed by atoms with E-state index in [2.05, 4.69) is 4.99 Å². The van der Waals surface area contributed by atoms with Gasteiger partial charge in [0.25, 0.3) is 16.8 Å². The number of benzene rings is 1. The maximum absolute atomic E-state index is 12.6. The molecular weight excluding hydrogens is 396 g/mol. The van der Waals surface area contributed by atoms with Gasteiger partial charge in [-0.1, -0.05) is 10.8 Å². The van der Waals surface area contributed by atoms with E-state index in [4.69, 9.17) is 10.5 Å². The Hall–Kier alpha value is -1.96. The minimum Gasteiger partial charge on any atom is -0.394 e. The topological polar surface area (TPSA) is 148 Å². The second-order valence-electron chi connectivity index (χ2n) is 6.24. The number of aliphatic hydroxyl groups excluding tert-OH is 2. The number of nitrogens with zero attached hydrogens (tertiary/aromatic N) is 3. The summed E-state index contributed by atoms with van der Waals surface area (Å²) in [7, 11) is 2.47. The molecule has 2 saturated heterocycles. The molecule has 12 heteroatoms. The highest BCUT2D eigenvalue weighted by Crippen LogP contribution is 2.69. The number of aliphatic imine (C=N–C) groups is 1. The smallest absolute Gasteiger partial charge is 0.394 e. The number of fused-ring (bicyclic) bond motifs is 3. The van der Waals surface area contributed by atoms with Gasteiger partial charge in [0, 0.05) is 23.1 Å². The van der Waals surface area contributed by atoms with Gasteiger partial charge in [0.05, 0.1) is 11.5 Å². The van der Waals surface area contributed by atoms with Gasteiger partial charge < -0.3 is 20.7 Å². The molecule has 3 heterocycles. The summed E-state index contributed by atoms with van der Waals surface area (Å²) < 4.78 is 5.37. The summed E-state index contributed by atoms with van der Waals surface area (Å²) in [4.78, 5) is 26.3. The SMILES string of the molecule is NC1=NC(=O)[N+]2(C=C1)[C@@H]1O[C@H](CO)[C@H](O)C12SSc1ccc([N+](=O)[O-])cc1. The lowest BCUT2D eigenvalue weighted by molar-refractivity contribution is -0.719. The summed E-state index contributed by atoms with van der Waals surface area (Å²) in [5, 5.41) is 30.9. The first-order chi connectivity index (χ1) is 12.9. The number of amides is 2. The third-order valence-corrected chi connectivity index (χ3v) is 8.02. The molecule has 142 valence electrons. The monoisotopic (exact) mass is 411 g/mol. The zero-order valence-electron chi connectivity index (χ0n) is 13.7. The van der Waals surface area contributed by atoms with Crippen LogP contribution in [0, 0.1) is 10.1 Å². The van der Waals surface area contributed by atoms with E-state index in [0.717, 1.165) is 0 Å². The molecule has 27 heavy (non-hydrogen) atoms. The third-order valence-electron chi connectivity index (χ3n) is 4.83. The van der Waals surface area contributed by atoms with Gasteiger partial charge in [-0.25, -0.2) is 4.79 Å². The Labute approximate surface area is 160 Å². The molecule has 10 nitrogen and oxygen atoms in total. The van der Waals surface area contributed by atoms with Crippen LogP contribution in [0.5, 0.6) is 0 Å². The van der Waals surface area contributed by atoms with Gasteiger partial charge >= 0.3 is 6.03 Å². The fourth-order valence-electron chi connectivity index (χ4n) is 3.43. The number of hydrogen-bond donors (Lipinski definition) is 3. The molecule has 0 saturated carbocycles. The minimum atomic E-state index is -1.12. The average Bonchev–Trinajstić information content (AvgIpc) is 3.09. The normalized spacial score (nSPS) is 36.6. The molecule has 4 rings (SSSR count). The maximum atomic E-state index is 12.6. The highest BCUT2D eigenvalue weighted by atomic mass is 33.1. The Kier molecular flexibility index (Phi) is 4.29. The van der Waals surface area contributed by atoms with Crippen molar-refractivity contribution in [1.82, 2.24) is 0 Å². The van der Waals surface area contributed by atoms with Crippen molar-refractivity contribution in [3.63, 3.8) is 0 Å². The van der Waals surface area contributed by atoms with Crippen LogP contribution >= 0.6 is 21.6 Å². The molecule has 3 aliphatic rings. The van der Waals surface area contributed by atoms with E-state index in [1.165, 1.54) is 39.8 Å². The first-order valence-corrected chi connectivity index (χ1v) is 10.0. The van der Waals surface area contributed by atoms with E-state index in [1.807, 2.05) is 0 Å². The van der Waals surface area contributed by atoms with Gasteiger partial charge in [-0.2, -0.15) is 4.48 Å². The number of carbonyl (C=O) groups is 1. The molecule has 5 atom stereocenters. The third kappa shape index (κ3) is 2.45.